The van der Waals surface area contributed by atoms with E-state index in [1.165, 1.54) is 25.7 Å². The van der Waals surface area contributed by atoms with Crippen LogP contribution in [0.1, 0.15) is 51.0 Å². The number of nitrogens with zero attached hydrogens (tertiary/aromatic N) is 3. The van der Waals surface area contributed by atoms with Gasteiger partial charge in [-0.25, -0.2) is 0 Å². The van der Waals surface area contributed by atoms with Crippen LogP contribution in [-0.2, 0) is 4.79 Å². The van der Waals surface area contributed by atoms with E-state index in [-0.39, 0.29) is 6.04 Å². The van der Waals surface area contributed by atoms with Crippen molar-refractivity contribution in [3.8, 4) is 0 Å². The molecule has 23 heavy (non-hydrogen) atoms. The number of nitrogens with one attached hydrogen (secondary N) is 1. The molecule has 2 saturated heterocycles. The molecule has 1 amide bonds. The van der Waals surface area contributed by atoms with Gasteiger partial charge in [0.05, 0.1) is 22.8 Å². The first-order valence-corrected chi connectivity index (χ1v) is 9.74. The van der Waals surface area contributed by atoms with Gasteiger partial charge in [-0.2, -0.15) is 5.10 Å². The highest BCUT2D eigenvalue weighted by Crippen LogP contribution is 2.34. The van der Waals surface area contributed by atoms with Gasteiger partial charge in [0.15, 0.2) is 0 Å². The van der Waals surface area contributed by atoms with Gasteiger partial charge in [0.25, 0.3) is 0 Å². The van der Waals surface area contributed by atoms with Gasteiger partial charge in [0, 0.05) is 25.3 Å². The van der Waals surface area contributed by atoms with Crippen molar-refractivity contribution in [2.45, 2.75) is 63.1 Å². The van der Waals surface area contributed by atoms with Crippen LogP contribution in [0.25, 0.3) is 0 Å². The number of piperidine rings is 1. The van der Waals surface area contributed by atoms with Crippen LogP contribution < -0.4 is 5.32 Å². The highest BCUT2D eigenvalue weighted by Gasteiger charge is 2.40. The molecule has 1 saturated carbocycles. The summed E-state index contributed by atoms with van der Waals surface area (Å²) in [6.45, 7) is 1.71. The summed E-state index contributed by atoms with van der Waals surface area (Å²) in [5.74, 6) is 1.07. The first-order valence-electron chi connectivity index (χ1n) is 8.95. The molecular formula is C17H25BrN4O. The van der Waals surface area contributed by atoms with E-state index in [9.17, 15) is 4.79 Å². The number of aromatic nitrogens is 2. The molecule has 1 N–H and O–H groups in total. The SMILES string of the molecule is O=C(C1CC2CCCCC2N1)N1CCC(n2cc(Br)cn2)CC1. The van der Waals surface area contributed by atoms with E-state index in [2.05, 4.69) is 31.2 Å². The van der Waals surface area contributed by atoms with Crippen LogP contribution in [0.3, 0.4) is 0 Å². The zero-order chi connectivity index (χ0) is 15.8. The number of rotatable bonds is 2. The minimum Gasteiger partial charge on any atom is -0.341 e. The third-order valence-corrected chi connectivity index (χ3v) is 6.29. The van der Waals surface area contributed by atoms with E-state index in [0.29, 0.717) is 18.0 Å². The summed E-state index contributed by atoms with van der Waals surface area (Å²) < 4.78 is 3.06. The van der Waals surface area contributed by atoms with Crippen molar-refractivity contribution in [3.63, 3.8) is 0 Å². The minimum absolute atomic E-state index is 0.0681. The number of amides is 1. The fourth-order valence-corrected chi connectivity index (χ4v) is 4.90. The predicted molar refractivity (Wildman–Crippen MR) is 92.1 cm³/mol. The zero-order valence-corrected chi connectivity index (χ0v) is 15.0. The van der Waals surface area contributed by atoms with Crippen LogP contribution >= 0.6 is 15.9 Å². The second-order valence-electron chi connectivity index (χ2n) is 7.30. The monoisotopic (exact) mass is 380 g/mol. The lowest BCUT2D eigenvalue weighted by molar-refractivity contribution is -0.134. The molecule has 0 spiro atoms. The molecule has 1 aliphatic carbocycles. The van der Waals surface area contributed by atoms with Crippen LogP contribution in [0.15, 0.2) is 16.9 Å². The van der Waals surface area contributed by atoms with E-state index in [4.69, 9.17) is 0 Å². The van der Waals surface area contributed by atoms with Gasteiger partial charge in [-0.05, 0) is 54.0 Å². The molecule has 2 aliphatic heterocycles. The number of carbonyl (C=O) groups is 1. The summed E-state index contributed by atoms with van der Waals surface area (Å²) in [6.07, 6.45) is 12.1. The Balaban J connectivity index is 1.32. The maximum atomic E-state index is 12.8. The fourth-order valence-electron chi connectivity index (χ4n) is 4.60. The molecule has 1 aromatic rings. The van der Waals surface area contributed by atoms with Crippen LogP contribution in [0.5, 0.6) is 0 Å². The third-order valence-electron chi connectivity index (χ3n) is 5.88. The van der Waals surface area contributed by atoms with Crippen molar-refractivity contribution in [1.82, 2.24) is 20.0 Å². The first-order chi connectivity index (χ1) is 11.2. The van der Waals surface area contributed by atoms with E-state index in [0.717, 1.165) is 42.7 Å². The molecular weight excluding hydrogens is 356 g/mol. The lowest BCUT2D eigenvalue weighted by Gasteiger charge is -2.33. The van der Waals surface area contributed by atoms with Crippen molar-refractivity contribution in [2.75, 3.05) is 13.1 Å². The van der Waals surface area contributed by atoms with Crippen LogP contribution in [0, 0.1) is 5.92 Å². The summed E-state index contributed by atoms with van der Waals surface area (Å²) in [5.41, 5.74) is 0. The van der Waals surface area contributed by atoms with E-state index >= 15 is 0 Å². The summed E-state index contributed by atoms with van der Waals surface area (Å²) in [4.78, 5) is 14.9. The quantitative estimate of drug-likeness (QED) is 0.857. The van der Waals surface area contributed by atoms with Crippen LogP contribution in [-0.4, -0.2) is 45.8 Å². The maximum Gasteiger partial charge on any atom is 0.239 e. The molecule has 6 heteroatoms. The molecule has 0 bridgehead atoms. The van der Waals surface area contributed by atoms with Crippen molar-refractivity contribution < 1.29 is 4.79 Å². The van der Waals surface area contributed by atoms with Crippen LogP contribution in [0.2, 0.25) is 0 Å². The fraction of sp³-hybridized carbons (Fsp3) is 0.765. The topological polar surface area (TPSA) is 50.2 Å². The molecule has 5 nitrogen and oxygen atoms in total. The molecule has 126 valence electrons. The Morgan fingerprint density at radius 3 is 2.70 bits per heavy atom. The predicted octanol–water partition coefficient (Wildman–Crippen LogP) is 2.73. The van der Waals surface area contributed by atoms with Gasteiger partial charge in [0.2, 0.25) is 5.91 Å². The number of likely N-dealkylation sites (tertiary alicyclic amines) is 1. The van der Waals surface area contributed by atoms with Gasteiger partial charge >= 0.3 is 0 Å². The molecule has 3 atom stereocenters. The Bertz CT molecular complexity index is 553. The molecule has 3 fully saturated rings. The van der Waals surface area contributed by atoms with Gasteiger partial charge in [-0.15, -0.1) is 0 Å². The normalized spacial score (nSPS) is 32.0. The lowest BCUT2D eigenvalue weighted by Crippen LogP contribution is -2.48. The molecule has 0 radical (unpaired) electrons. The van der Waals surface area contributed by atoms with Gasteiger partial charge in [0.1, 0.15) is 0 Å². The van der Waals surface area contributed by atoms with Crippen LogP contribution in [0.4, 0.5) is 0 Å². The van der Waals surface area contributed by atoms with Crippen molar-refractivity contribution in [1.29, 1.82) is 0 Å². The number of carbonyl (C=O) groups excluding carboxylic acids is 1. The molecule has 3 unspecified atom stereocenters. The van der Waals surface area contributed by atoms with E-state index in [1.54, 1.807) is 0 Å². The number of fused-ring (bicyclic) bond motifs is 1. The Hall–Kier alpha value is -0.880. The Labute approximate surface area is 145 Å². The summed E-state index contributed by atoms with van der Waals surface area (Å²) in [7, 11) is 0. The van der Waals surface area contributed by atoms with Gasteiger partial charge in [-0.3, -0.25) is 9.48 Å². The van der Waals surface area contributed by atoms with Crippen molar-refractivity contribution >= 4 is 21.8 Å². The average molecular weight is 381 g/mol. The number of halogens is 1. The minimum atomic E-state index is 0.0681. The highest BCUT2D eigenvalue weighted by molar-refractivity contribution is 9.10. The molecule has 4 rings (SSSR count). The summed E-state index contributed by atoms with van der Waals surface area (Å²) in [5, 5.41) is 8.01. The van der Waals surface area contributed by atoms with Crippen molar-refractivity contribution in [2.24, 2.45) is 5.92 Å². The van der Waals surface area contributed by atoms with Gasteiger partial charge < -0.3 is 10.2 Å². The smallest absolute Gasteiger partial charge is 0.239 e. The Morgan fingerprint density at radius 2 is 2.00 bits per heavy atom. The highest BCUT2D eigenvalue weighted by atomic mass is 79.9. The summed E-state index contributed by atoms with van der Waals surface area (Å²) in [6, 6.07) is 1.08. The lowest BCUT2D eigenvalue weighted by atomic mass is 9.85. The van der Waals surface area contributed by atoms with Gasteiger partial charge in [-0.1, -0.05) is 12.8 Å². The standard InChI is InChI=1S/C17H25BrN4O/c18-13-10-19-22(11-13)14-5-7-21(8-6-14)17(23)16-9-12-3-1-2-4-15(12)20-16/h10-12,14-16,20H,1-9H2. The second kappa shape index (κ2) is 6.55. The second-order valence-corrected chi connectivity index (χ2v) is 8.22. The first kappa shape index (κ1) is 15.6. The zero-order valence-electron chi connectivity index (χ0n) is 13.5. The van der Waals surface area contributed by atoms with E-state index < -0.39 is 0 Å². The number of hydrogen-bond donors (Lipinski definition) is 1. The molecule has 1 aromatic heterocycles. The third kappa shape index (κ3) is 3.20. The summed E-state index contributed by atoms with van der Waals surface area (Å²) >= 11 is 3.45. The van der Waals surface area contributed by atoms with E-state index in [1.807, 2.05) is 17.1 Å². The van der Waals surface area contributed by atoms with Crippen molar-refractivity contribution in [3.05, 3.63) is 16.9 Å². The molecule has 3 aliphatic rings. The Kier molecular flexibility index (Phi) is 4.46. The largest absolute Gasteiger partial charge is 0.341 e. The molecule has 0 aromatic carbocycles. The average Bonchev–Trinajstić information content (AvgIpc) is 3.20. The maximum absolute atomic E-state index is 12.8. The Morgan fingerprint density at radius 1 is 1.22 bits per heavy atom. The molecule has 3 heterocycles. The number of hydrogen-bond acceptors (Lipinski definition) is 3.